The van der Waals surface area contributed by atoms with Gasteiger partial charge in [-0.25, -0.2) is 19.2 Å². The predicted octanol–water partition coefficient (Wildman–Crippen LogP) is 6.51. The summed E-state index contributed by atoms with van der Waals surface area (Å²) in [5.74, 6) is -5.93. The summed E-state index contributed by atoms with van der Waals surface area (Å²) in [5.41, 5.74) is -3.27. The maximum atomic E-state index is 13.6. The Labute approximate surface area is 249 Å². The zero-order chi connectivity index (χ0) is 32.2. The lowest BCUT2D eigenvalue weighted by molar-refractivity contribution is -0.384. The third kappa shape index (κ3) is 4.70. The van der Waals surface area contributed by atoms with E-state index < -0.39 is 67.4 Å². The summed E-state index contributed by atoms with van der Waals surface area (Å²) in [6.07, 6.45) is 0. The van der Waals surface area contributed by atoms with Crippen molar-refractivity contribution in [1.29, 1.82) is 0 Å². The van der Waals surface area contributed by atoms with Crippen LogP contribution in [0.5, 0.6) is 0 Å². The molecule has 0 aliphatic heterocycles. The van der Waals surface area contributed by atoms with Crippen molar-refractivity contribution in [3.63, 3.8) is 0 Å². The Hall–Kier alpha value is -6.76. The summed E-state index contributed by atoms with van der Waals surface area (Å²) >= 11 is 0. The van der Waals surface area contributed by atoms with Crippen molar-refractivity contribution in [2.24, 2.45) is 0 Å². The average Bonchev–Trinajstić information content (AvgIpc) is 3.02. The molecule has 0 spiro atoms. The minimum atomic E-state index is -1.50. The zero-order valence-corrected chi connectivity index (χ0v) is 22.5. The molecule has 6 rings (SSSR count). The number of hydrogen-bond donors (Lipinski definition) is 2. The quantitative estimate of drug-likeness (QED) is 0.0689. The Kier molecular flexibility index (Phi) is 6.62. The van der Waals surface area contributed by atoms with Crippen LogP contribution in [-0.4, -0.2) is 43.9 Å². The van der Waals surface area contributed by atoms with E-state index in [2.05, 4.69) is 0 Å². The summed E-state index contributed by atoms with van der Waals surface area (Å²) in [6, 6.07) is 19.0. The Morgan fingerprint density at radius 1 is 0.533 bits per heavy atom. The van der Waals surface area contributed by atoms with Crippen molar-refractivity contribution >= 4 is 78.3 Å². The SMILES string of the molecule is O=C(O)c1cc2ccccc2c2cc([N+](=O)[O-])cc(C(=O)OC(=O)c3cc([N+](=O)[O-])cc4c3c(C(=O)O)cc3ccccc34)c12. The van der Waals surface area contributed by atoms with Crippen molar-refractivity contribution in [2.45, 2.75) is 0 Å². The van der Waals surface area contributed by atoms with E-state index in [1.165, 1.54) is 12.1 Å². The van der Waals surface area contributed by atoms with Gasteiger partial charge in [0.2, 0.25) is 0 Å². The molecular weight excluding hydrogens is 588 g/mol. The lowest BCUT2D eigenvalue weighted by Crippen LogP contribution is -2.16. The molecule has 0 aliphatic carbocycles. The van der Waals surface area contributed by atoms with E-state index in [0.29, 0.717) is 21.5 Å². The van der Waals surface area contributed by atoms with Gasteiger partial charge in [0, 0.05) is 35.0 Å². The molecule has 6 aromatic rings. The number of fused-ring (bicyclic) bond motifs is 6. The lowest BCUT2D eigenvalue weighted by Gasteiger charge is -2.14. The molecule has 0 saturated carbocycles. The largest absolute Gasteiger partial charge is 0.478 e. The van der Waals surface area contributed by atoms with Crippen molar-refractivity contribution in [2.75, 3.05) is 0 Å². The smallest absolute Gasteiger partial charge is 0.346 e. The monoisotopic (exact) mass is 604 g/mol. The molecule has 0 aliphatic rings. The molecule has 2 N–H and O–H groups in total. The third-order valence-electron chi connectivity index (χ3n) is 7.39. The average molecular weight is 604 g/mol. The van der Waals surface area contributed by atoms with Gasteiger partial charge < -0.3 is 14.9 Å². The minimum Gasteiger partial charge on any atom is -0.478 e. The number of carboxylic acid groups (broad SMARTS) is 2. The molecule has 6 aromatic carbocycles. The first-order chi connectivity index (χ1) is 21.5. The van der Waals surface area contributed by atoms with Crippen LogP contribution in [0.4, 0.5) is 11.4 Å². The summed E-state index contributed by atoms with van der Waals surface area (Å²) in [4.78, 5) is 73.8. The van der Waals surface area contributed by atoms with Crippen LogP contribution >= 0.6 is 0 Å². The molecule has 45 heavy (non-hydrogen) atoms. The standard InChI is InChI=1S/C32H16N2O11/c35-29(36)23-9-15-5-1-3-7-19(15)21-11-17(33(41)42)13-25(27(21)23)31(39)45-32(40)26-14-18(34(43)44)12-22-20-8-4-2-6-16(20)10-24(28(22)26)30(37)38/h1-14H,(H,35,36)(H,37,38). The molecule has 0 heterocycles. The fraction of sp³-hybridized carbons (Fsp3) is 0. The highest BCUT2D eigenvalue weighted by molar-refractivity contribution is 6.25. The van der Waals surface area contributed by atoms with Gasteiger partial charge in [0.25, 0.3) is 11.4 Å². The van der Waals surface area contributed by atoms with Crippen molar-refractivity contribution in [3.05, 3.63) is 127 Å². The summed E-state index contributed by atoms with van der Waals surface area (Å²) in [6.45, 7) is 0. The number of rotatable bonds is 6. The topological polar surface area (TPSA) is 204 Å². The van der Waals surface area contributed by atoms with Crippen molar-refractivity contribution < 1.29 is 44.0 Å². The molecule has 0 radical (unpaired) electrons. The van der Waals surface area contributed by atoms with Gasteiger partial charge >= 0.3 is 23.9 Å². The van der Waals surface area contributed by atoms with Crippen LogP contribution < -0.4 is 0 Å². The van der Waals surface area contributed by atoms with Crippen molar-refractivity contribution in [1.82, 2.24) is 0 Å². The number of benzene rings is 6. The fourth-order valence-electron chi connectivity index (χ4n) is 5.51. The molecule has 0 aromatic heterocycles. The molecule has 0 unspecified atom stereocenters. The predicted molar refractivity (Wildman–Crippen MR) is 160 cm³/mol. The molecular formula is C32H16N2O11. The number of carbonyl (C=O) groups excluding carboxylic acids is 2. The first kappa shape index (κ1) is 28.4. The molecule has 0 fully saturated rings. The van der Waals surface area contributed by atoms with Crippen LogP contribution in [0.2, 0.25) is 0 Å². The number of carboxylic acids is 2. The van der Waals surface area contributed by atoms with Crippen LogP contribution in [0.15, 0.2) is 84.9 Å². The fourth-order valence-corrected chi connectivity index (χ4v) is 5.51. The summed E-state index contributed by atoms with van der Waals surface area (Å²) in [5, 5.41) is 44.8. The normalized spacial score (nSPS) is 11.1. The van der Waals surface area contributed by atoms with Crippen LogP contribution in [0, 0.1) is 20.2 Å². The molecule has 13 nitrogen and oxygen atoms in total. The van der Waals surface area contributed by atoms with Crippen LogP contribution in [0.25, 0.3) is 43.1 Å². The Balaban J connectivity index is 1.59. The minimum absolute atomic E-state index is 0.0273. The summed E-state index contributed by atoms with van der Waals surface area (Å²) < 4.78 is 5.09. The molecule has 220 valence electrons. The van der Waals surface area contributed by atoms with Gasteiger partial charge in [0.15, 0.2) is 0 Å². The maximum absolute atomic E-state index is 13.6. The number of hydrogen-bond acceptors (Lipinski definition) is 9. The molecule has 0 atom stereocenters. The maximum Gasteiger partial charge on any atom is 0.346 e. The molecule has 0 amide bonds. The van der Waals surface area contributed by atoms with E-state index in [0.717, 1.165) is 24.3 Å². The molecule has 0 saturated heterocycles. The first-order valence-corrected chi connectivity index (χ1v) is 13.0. The first-order valence-electron chi connectivity index (χ1n) is 13.0. The summed E-state index contributed by atoms with van der Waals surface area (Å²) in [7, 11) is 0. The Morgan fingerprint density at radius 2 is 0.911 bits per heavy atom. The molecule has 0 bridgehead atoms. The van der Waals surface area contributed by atoms with E-state index in [-0.39, 0.29) is 21.5 Å². The highest BCUT2D eigenvalue weighted by Crippen LogP contribution is 2.37. The molecule has 13 heteroatoms. The third-order valence-corrected chi connectivity index (χ3v) is 7.39. The van der Waals surface area contributed by atoms with Crippen molar-refractivity contribution in [3.8, 4) is 0 Å². The Bertz CT molecular complexity index is 2200. The van der Waals surface area contributed by atoms with Gasteiger partial charge in [-0.05, 0) is 44.5 Å². The van der Waals surface area contributed by atoms with E-state index in [1.807, 2.05) is 0 Å². The van der Waals surface area contributed by atoms with E-state index in [4.69, 9.17) is 4.74 Å². The number of aromatic carboxylic acids is 2. The lowest BCUT2D eigenvalue weighted by atomic mass is 9.92. The second-order valence-electron chi connectivity index (χ2n) is 9.92. The van der Waals surface area contributed by atoms with Gasteiger partial charge in [0.1, 0.15) is 0 Å². The van der Waals surface area contributed by atoms with Gasteiger partial charge in [-0.1, -0.05) is 48.5 Å². The van der Waals surface area contributed by atoms with Gasteiger partial charge in [-0.15, -0.1) is 0 Å². The van der Waals surface area contributed by atoms with Gasteiger partial charge in [-0.2, -0.15) is 0 Å². The van der Waals surface area contributed by atoms with Crippen LogP contribution in [0.3, 0.4) is 0 Å². The highest BCUT2D eigenvalue weighted by atomic mass is 16.6. The van der Waals surface area contributed by atoms with Gasteiger partial charge in [0.05, 0.1) is 32.1 Å². The van der Waals surface area contributed by atoms with E-state index in [9.17, 15) is 49.6 Å². The second kappa shape index (κ2) is 10.5. The zero-order valence-electron chi connectivity index (χ0n) is 22.5. The Morgan fingerprint density at radius 3 is 1.27 bits per heavy atom. The number of non-ortho nitro benzene ring substituents is 2. The van der Waals surface area contributed by atoms with Crippen LogP contribution in [0.1, 0.15) is 41.4 Å². The second-order valence-corrected chi connectivity index (χ2v) is 9.92. The van der Waals surface area contributed by atoms with E-state index >= 15 is 0 Å². The number of esters is 2. The number of nitrogens with zero attached hydrogens (tertiary/aromatic N) is 2. The van der Waals surface area contributed by atoms with Gasteiger partial charge in [-0.3, -0.25) is 20.2 Å². The number of nitro groups is 2. The van der Waals surface area contributed by atoms with E-state index in [1.54, 1.807) is 48.5 Å². The highest BCUT2D eigenvalue weighted by Gasteiger charge is 2.29. The number of ether oxygens (including phenoxy) is 1. The number of nitro benzene ring substituents is 2. The van der Waals surface area contributed by atoms with Crippen LogP contribution in [-0.2, 0) is 4.74 Å². The number of carbonyl (C=O) groups is 4.